The van der Waals surface area contributed by atoms with E-state index in [2.05, 4.69) is 5.32 Å². The second-order valence-electron chi connectivity index (χ2n) is 8.06. The van der Waals surface area contributed by atoms with Crippen LogP contribution in [0, 0.1) is 17.8 Å². The van der Waals surface area contributed by atoms with Gasteiger partial charge in [-0.3, -0.25) is 9.59 Å². The van der Waals surface area contributed by atoms with Gasteiger partial charge >= 0.3 is 0 Å². The molecule has 0 saturated carbocycles. The molecule has 1 aromatic carbocycles. The minimum absolute atomic E-state index is 0. The summed E-state index contributed by atoms with van der Waals surface area (Å²) in [6.07, 6.45) is 2.38. The summed E-state index contributed by atoms with van der Waals surface area (Å²) in [5.74, 6) is 2.45. The van der Waals surface area contributed by atoms with Crippen molar-refractivity contribution in [2.45, 2.75) is 19.3 Å². The van der Waals surface area contributed by atoms with Crippen molar-refractivity contribution in [2.75, 3.05) is 51.8 Å². The van der Waals surface area contributed by atoms with Crippen LogP contribution in [0.15, 0.2) is 18.2 Å². The molecule has 3 saturated heterocycles. The first-order valence-electron chi connectivity index (χ1n) is 10.1. The van der Waals surface area contributed by atoms with Crippen molar-refractivity contribution in [3.05, 3.63) is 18.2 Å². The van der Waals surface area contributed by atoms with Crippen molar-refractivity contribution in [1.82, 2.24) is 10.2 Å². The zero-order valence-electron chi connectivity index (χ0n) is 17.1. The van der Waals surface area contributed by atoms with Gasteiger partial charge in [-0.25, -0.2) is 0 Å². The average molecular weight is 424 g/mol. The van der Waals surface area contributed by atoms with E-state index in [1.54, 1.807) is 25.2 Å². The van der Waals surface area contributed by atoms with Gasteiger partial charge in [0.15, 0.2) is 0 Å². The lowest BCUT2D eigenvalue weighted by Crippen LogP contribution is -2.38. The average Bonchev–Trinajstić information content (AvgIpc) is 3.28. The van der Waals surface area contributed by atoms with E-state index in [0.29, 0.717) is 35.6 Å². The fourth-order valence-electron chi connectivity index (χ4n) is 4.77. The third kappa shape index (κ3) is 4.46. The number of nitrogens with one attached hydrogen (secondary N) is 1. The van der Waals surface area contributed by atoms with Gasteiger partial charge < -0.3 is 24.6 Å². The van der Waals surface area contributed by atoms with Gasteiger partial charge in [-0.1, -0.05) is 0 Å². The highest BCUT2D eigenvalue weighted by Gasteiger charge is 2.39. The van der Waals surface area contributed by atoms with E-state index in [0.717, 1.165) is 39.0 Å². The highest BCUT2D eigenvalue weighted by Crippen LogP contribution is 2.34. The van der Waals surface area contributed by atoms with E-state index in [9.17, 15) is 9.59 Å². The molecule has 1 N–H and O–H groups in total. The summed E-state index contributed by atoms with van der Waals surface area (Å²) in [5, 5.41) is 3.46. The summed E-state index contributed by atoms with van der Waals surface area (Å²) in [6, 6.07) is 5.40. The van der Waals surface area contributed by atoms with Crippen LogP contribution in [-0.4, -0.2) is 63.7 Å². The first-order valence-corrected chi connectivity index (χ1v) is 10.1. The van der Waals surface area contributed by atoms with Crippen molar-refractivity contribution >= 4 is 29.9 Å². The maximum atomic E-state index is 13.1. The molecule has 160 valence electrons. The molecule has 0 bridgehead atoms. The Hall–Kier alpha value is -1.99. The molecule has 0 spiro atoms. The van der Waals surface area contributed by atoms with E-state index in [1.165, 1.54) is 0 Å². The fourth-order valence-corrected chi connectivity index (χ4v) is 4.77. The highest BCUT2D eigenvalue weighted by molar-refractivity contribution is 6.00. The standard InChI is InChI=1S/C21H29N3O4.ClH/c1-27-18-8-17(9-19(10-18)28-2)24-13-16(7-20(24)25)21(26)23-5-3-14-11-22-12-15(14)4-6-23;/h8-10,14-16,22H,3-7,11-13H2,1-2H3;1H/t14-,15+,16?;. The minimum Gasteiger partial charge on any atom is -0.497 e. The number of benzene rings is 1. The molecular weight excluding hydrogens is 394 g/mol. The third-order valence-electron chi connectivity index (χ3n) is 6.45. The topological polar surface area (TPSA) is 71.1 Å². The van der Waals surface area contributed by atoms with Crippen molar-refractivity contribution < 1.29 is 19.1 Å². The summed E-state index contributed by atoms with van der Waals surface area (Å²) in [7, 11) is 3.17. The molecule has 2 amide bonds. The van der Waals surface area contributed by atoms with Crippen LogP contribution in [0.4, 0.5) is 5.69 Å². The monoisotopic (exact) mass is 423 g/mol. The van der Waals surface area contributed by atoms with Gasteiger partial charge in [0.2, 0.25) is 11.8 Å². The Balaban J connectivity index is 0.00000240. The van der Waals surface area contributed by atoms with E-state index in [1.807, 2.05) is 17.0 Å². The molecule has 1 unspecified atom stereocenters. The van der Waals surface area contributed by atoms with Gasteiger partial charge in [-0.2, -0.15) is 0 Å². The summed E-state index contributed by atoms with van der Waals surface area (Å²) >= 11 is 0. The van der Waals surface area contributed by atoms with E-state index in [-0.39, 0.29) is 36.6 Å². The molecule has 8 heteroatoms. The summed E-state index contributed by atoms with van der Waals surface area (Å²) in [5.41, 5.74) is 0.716. The van der Waals surface area contributed by atoms with Gasteiger partial charge in [-0.05, 0) is 37.8 Å². The van der Waals surface area contributed by atoms with Crippen LogP contribution in [0.5, 0.6) is 11.5 Å². The second kappa shape index (κ2) is 9.22. The lowest BCUT2D eigenvalue weighted by Gasteiger charge is -2.24. The van der Waals surface area contributed by atoms with Crippen LogP contribution in [0.3, 0.4) is 0 Å². The predicted molar refractivity (Wildman–Crippen MR) is 113 cm³/mol. The number of nitrogens with zero attached hydrogens (tertiary/aromatic N) is 2. The van der Waals surface area contributed by atoms with Gasteiger partial charge in [0.05, 0.1) is 25.8 Å². The Morgan fingerprint density at radius 1 is 1.03 bits per heavy atom. The van der Waals surface area contributed by atoms with Crippen LogP contribution in [0.25, 0.3) is 0 Å². The number of hydrogen-bond acceptors (Lipinski definition) is 5. The zero-order valence-corrected chi connectivity index (χ0v) is 17.9. The number of amides is 2. The van der Waals surface area contributed by atoms with Crippen LogP contribution in [-0.2, 0) is 9.59 Å². The summed E-state index contributed by atoms with van der Waals surface area (Å²) in [6.45, 7) is 4.16. The first-order chi connectivity index (χ1) is 13.6. The van der Waals surface area contributed by atoms with Crippen LogP contribution < -0.4 is 19.7 Å². The number of hydrogen-bond donors (Lipinski definition) is 1. The van der Waals surface area contributed by atoms with E-state index in [4.69, 9.17) is 9.47 Å². The molecule has 0 aromatic heterocycles. The third-order valence-corrected chi connectivity index (χ3v) is 6.45. The molecule has 0 aliphatic carbocycles. The van der Waals surface area contributed by atoms with Crippen molar-refractivity contribution in [2.24, 2.45) is 17.8 Å². The first kappa shape index (κ1) is 21.7. The number of methoxy groups -OCH3 is 2. The van der Waals surface area contributed by atoms with Gasteiger partial charge in [0.25, 0.3) is 0 Å². The number of halogens is 1. The maximum absolute atomic E-state index is 13.1. The van der Waals surface area contributed by atoms with Crippen LogP contribution >= 0.6 is 12.4 Å². The van der Waals surface area contributed by atoms with Crippen LogP contribution in [0.2, 0.25) is 0 Å². The number of carbonyl (C=O) groups excluding carboxylic acids is 2. The zero-order chi connectivity index (χ0) is 19.7. The molecule has 3 atom stereocenters. The number of anilines is 1. The number of rotatable bonds is 4. The molecule has 3 heterocycles. The summed E-state index contributed by atoms with van der Waals surface area (Å²) < 4.78 is 10.6. The SMILES string of the molecule is COc1cc(OC)cc(N2CC(C(=O)N3CC[C@@H]4CNC[C@@H]4CC3)CC2=O)c1.Cl. The Bertz CT molecular complexity index is 723. The Morgan fingerprint density at radius 2 is 1.62 bits per heavy atom. The molecule has 7 nitrogen and oxygen atoms in total. The lowest BCUT2D eigenvalue weighted by atomic mass is 9.92. The minimum atomic E-state index is -0.277. The van der Waals surface area contributed by atoms with Gasteiger partial charge in [0.1, 0.15) is 11.5 Å². The van der Waals surface area contributed by atoms with E-state index >= 15 is 0 Å². The molecule has 1 aromatic rings. The molecule has 0 radical (unpaired) electrons. The maximum Gasteiger partial charge on any atom is 0.228 e. The fraction of sp³-hybridized carbons (Fsp3) is 0.619. The van der Waals surface area contributed by atoms with E-state index < -0.39 is 0 Å². The molecular formula is C21H30ClN3O4. The normalized spacial score (nSPS) is 26.6. The lowest BCUT2D eigenvalue weighted by molar-refractivity contribution is -0.135. The molecule has 3 fully saturated rings. The molecule has 3 aliphatic heterocycles. The predicted octanol–water partition coefficient (Wildman–Crippen LogP) is 1.94. The quantitative estimate of drug-likeness (QED) is 0.801. The highest BCUT2D eigenvalue weighted by atomic mass is 35.5. The number of ether oxygens (including phenoxy) is 2. The molecule has 4 rings (SSSR count). The van der Waals surface area contributed by atoms with Crippen molar-refractivity contribution in [3.8, 4) is 11.5 Å². The van der Waals surface area contributed by atoms with Crippen LogP contribution in [0.1, 0.15) is 19.3 Å². The Kier molecular flexibility index (Phi) is 6.90. The smallest absolute Gasteiger partial charge is 0.228 e. The van der Waals surface area contributed by atoms with Crippen molar-refractivity contribution in [3.63, 3.8) is 0 Å². The molecule has 29 heavy (non-hydrogen) atoms. The number of fused-ring (bicyclic) bond motifs is 1. The van der Waals surface area contributed by atoms with Gasteiger partial charge in [0, 0.05) is 44.3 Å². The Morgan fingerprint density at radius 3 is 2.17 bits per heavy atom. The van der Waals surface area contributed by atoms with Crippen molar-refractivity contribution in [1.29, 1.82) is 0 Å². The number of likely N-dealkylation sites (tertiary alicyclic amines) is 1. The largest absolute Gasteiger partial charge is 0.497 e. The summed E-state index contributed by atoms with van der Waals surface area (Å²) in [4.78, 5) is 29.5. The Labute approximate surface area is 178 Å². The van der Waals surface area contributed by atoms with Gasteiger partial charge in [-0.15, -0.1) is 12.4 Å². The second-order valence-corrected chi connectivity index (χ2v) is 8.06. The molecule has 3 aliphatic rings. The number of carbonyl (C=O) groups is 2.